The molecule has 1 fully saturated rings. The Kier molecular flexibility index (Phi) is 4.34. The summed E-state index contributed by atoms with van der Waals surface area (Å²) in [6.45, 7) is 3.47. The second kappa shape index (κ2) is 5.09. The van der Waals surface area contributed by atoms with Gasteiger partial charge in [0.05, 0.1) is 5.75 Å². The zero-order chi connectivity index (χ0) is 10.6. The van der Waals surface area contributed by atoms with Gasteiger partial charge in [-0.2, -0.15) is 4.31 Å². The molecular weight excluding hydrogens is 200 g/mol. The molecule has 14 heavy (non-hydrogen) atoms. The van der Waals surface area contributed by atoms with Gasteiger partial charge in [0.2, 0.25) is 10.0 Å². The van der Waals surface area contributed by atoms with Crippen molar-refractivity contribution in [2.75, 3.05) is 25.9 Å². The minimum atomic E-state index is -2.99. The molecule has 0 bridgehead atoms. The van der Waals surface area contributed by atoms with Crippen LogP contribution in [0.1, 0.15) is 26.2 Å². The first kappa shape index (κ1) is 11.9. The maximum atomic E-state index is 11.8. The molecule has 1 N–H and O–H groups in total. The Bertz CT molecular complexity index is 264. The fraction of sp³-hybridized carbons (Fsp3) is 1.00. The third-order valence-corrected chi connectivity index (χ3v) is 4.74. The average molecular weight is 220 g/mol. The van der Waals surface area contributed by atoms with Gasteiger partial charge in [-0.15, -0.1) is 0 Å². The van der Waals surface area contributed by atoms with Gasteiger partial charge in [0.1, 0.15) is 0 Å². The number of nitrogens with one attached hydrogen (secondary N) is 1. The zero-order valence-corrected chi connectivity index (χ0v) is 9.81. The van der Waals surface area contributed by atoms with Crippen molar-refractivity contribution in [3.8, 4) is 0 Å². The average Bonchev–Trinajstić information content (AvgIpc) is 2.52. The molecule has 84 valence electrons. The molecular formula is C9H20N2O2S. The number of nitrogens with zero attached hydrogens (tertiary/aromatic N) is 1. The van der Waals surface area contributed by atoms with Crippen LogP contribution in [0.25, 0.3) is 0 Å². The number of rotatable bonds is 5. The zero-order valence-electron chi connectivity index (χ0n) is 8.99. The Balaban J connectivity index is 2.47. The van der Waals surface area contributed by atoms with E-state index in [4.69, 9.17) is 0 Å². The van der Waals surface area contributed by atoms with Crippen LogP contribution in [0.2, 0.25) is 0 Å². The van der Waals surface area contributed by atoms with Gasteiger partial charge in [-0.05, 0) is 39.8 Å². The monoisotopic (exact) mass is 220 g/mol. The van der Waals surface area contributed by atoms with E-state index in [9.17, 15) is 8.42 Å². The smallest absolute Gasteiger partial charge is 0.214 e. The van der Waals surface area contributed by atoms with Crippen LogP contribution in [0.15, 0.2) is 0 Å². The van der Waals surface area contributed by atoms with E-state index in [0.717, 1.165) is 19.4 Å². The van der Waals surface area contributed by atoms with Gasteiger partial charge in [-0.25, -0.2) is 8.42 Å². The van der Waals surface area contributed by atoms with E-state index in [1.807, 2.05) is 14.0 Å². The van der Waals surface area contributed by atoms with Crippen LogP contribution < -0.4 is 5.32 Å². The Hall–Kier alpha value is -0.130. The molecule has 0 amide bonds. The first-order valence-corrected chi connectivity index (χ1v) is 6.83. The van der Waals surface area contributed by atoms with Crippen molar-refractivity contribution in [3.05, 3.63) is 0 Å². The molecule has 4 nitrogen and oxygen atoms in total. The summed E-state index contributed by atoms with van der Waals surface area (Å²) < 4.78 is 25.3. The second-order valence-corrected chi connectivity index (χ2v) is 5.92. The largest absolute Gasteiger partial charge is 0.320 e. The lowest BCUT2D eigenvalue weighted by molar-refractivity contribution is 0.407. The van der Waals surface area contributed by atoms with E-state index >= 15 is 0 Å². The molecule has 1 heterocycles. The first-order chi connectivity index (χ1) is 6.58. The lowest BCUT2D eigenvalue weighted by Crippen LogP contribution is -2.36. The first-order valence-electron chi connectivity index (χ1n) is 5.22. The molecule has 0 saturated carbocycles. The molecule has 1 atom stereocenters. The van der Waals surface area contributed by atoms with Crippen LogP contribution >= 0.6 is 0 Å². The maximum Gasteiger partial charge on any atom is 0.214 e. The molecule has 0 aromatic rings. The Morgan fingerprint density at radius 1 is 1.50 bits per heavy atom. The summed E-state index contributed by atoms with van der Waals surface area (Å²) in [5.74, 6) is 0.276. The molecule has 0 spiro atoms. The minimum absolute atomic E-state index is 0.203. The van der Waals surface area contributed by atoms with Gasteiger partial charge >= 0.3 is 0 Å². The van der Waals surface area contributed by atoms with Crippen molar-refractivity contribution in [2.24, 2.45) is 0 Å². The van der Waals surface area contributed by atoms with Gasteiger partial charge in [0.25, 0.3) is 0 Å². The second-order valence-electron chi connectivity index (χ2n) is 3.88. The number of hydrogen-bond donors (Lipinski definition) is 1. The van der Waals surface area contributed by atoms with Crippen molar-refractivity contribution in [2.45, 2.75) is 32.2 Å². The molecule has 0 aliphatic carbocycles. The highest BCUT2D eigenvalue weighted by Crippen LogP contribution is 2.20. The summed E-state index contributed by atoms with van der Waals surface area (Å²) in [5, 5.41) is 2.96. The summed E-state index contributed by atoms with van der Waals surface area (Å²) in [5.41, 5.74) is 0. The molecule has 5 heteroatoms. The molecule has 1 rings (SSSR count). The molecule has 1 aliphatic rings. The molecule has 0 radical (unpaired) electrons. The van der Waals surface area contributed by atoms with E-state index in [-0.39, 0.29) is 11.8 Å². The molecule has 1 unspecified atom stereocenters. The Morgan fingerprint density at radius 3 is 2.71 bits per heavy atom. The number of hydrogen-bond acceptors (Lipinski definition) is 3. The normalized spacial score (nSPS) is 24.3. The van der Waals surface area contributed by atoms with Crippen molar-refractivity contribution in [3.63, 3.8) is 0 Å². The topological polar surface area (TPSA) is 49.4 Å². The van der Waals surface area contributed by atoms with Crippen LogP contribution in [0.5, 0.6) is 0 Å². The van der Waals surface area contributed by atoms with Gasteiger partial charge in [-0.3, -0.25) is 0 Å². The highest BCUT2D eigenvalue weighted by atomic mass is 32.2. The summed E-state index contributed by atoms with van der Waals surface area (Å²) >= 11 is 0. The van der Waals surface area contributed by atoms with Crippen LogP contribution in [-0.4, -0.2) is 44.7 Å². The lowest BCUT2D eigenvalue weighted by Gasteiger charge is -2.20. The summed E-state index contributed by atoms with van der Waals surface area (Å²) in [4.78, 5) is 0. The summed E-state index contributed by atoms with van der Waals surface area (Å²) in [6.07, 6.45) is 2.71. The lowest BCUT2D eigenvalue weighted by atomic mass is 10.3. The molecule has 0 aromatic carbocycles. The predicted octanol–water partition coefficient (Wildman–Crippen LogP) is 0.410. The van der Waals surface area contributed by atoms with Crippen LogP contribution in [0, 0.1) is 0 Å². The molecule has 1 aliphatic heterocycles. The van der Waals surface area contributed by atoms with E-state index in [1.54, 1.807) is 4.31 Å². The molecule has 1 saturated heterocycles. The van der Waals surface area contributed by atoms with Crippen LogP contribution in [-0.2, 0) is 10.0 Å². The SMILES string of the molecule is CNCCCS(=O)(=O)N1CCCC1C. The number of sulfonamides is 1. The fourth-order valence-electron chi connectivity index (χ4n) is 1.87. The van der Waals surface area contributed by atoms with Crippen molar-refractivity contribution in [1.82, 2.24) is 9.62 Å². The van der Waals surface area contributed by atoms with Crippen molar-refractivity contribution in [1.29, 1.82) is 0 Å². The Morgan fingerprint density at radius 2 is 2.21 bits per heavy atom. The Labute approximate surface area is 86.7 Å². The van der Waals surface area contributed by atoms with Gasteiger partial charge < -0.3 is 5.32 Å². The predicted molar refractivity (Wildman–Crippen MR) is 57.7 cm³/mol. The highest BCUT2D eigenvalue weighted by molar-refractivity contribution is 7.89. The van der Waals surface area contributed by atoms with Gasteiger partial charge in [-0.1, -0.05) is 0 Å². The van der Waals surface area contributed by atoms with E-state index in [0.29, 0.717) is 13.0 Å². The third kappa shape index (κ3) is 2.93. The van der Waals surface area contributed by atoms with Crippen molar-refractivity contribution < 1.29 is 8.42 Å². The van der Waals surface area contributed by atoms with Gasteiger partial charge in [0.15, 0.2) is 0 Å². The minimum Gasteiger partial charge on any atom is -0.320 e. The fourth-order valence-corrected chi connectivity index (χ4v) is 3.67. The molecule has 0 aromatic heterocycles. The van der Waals surface area contributed by atoms with E-state index in [2.05, 4.69) is 5.32 Å². The van der Waals surface area contributed by atoms with Crippen molar-refractivity contribution >= 4 is 10.0 Å². The van der Waals surface area contributed by atoms with Crippen LogP contribution in [0.4, 0.5) is 0 Å². The maximum absolute atomic E-state index is 11.8. The standard InChI is InChI=1S/C9H20N2O2S/c1-9-5-3-7-11(9)14(12,13)8-4-6-10-2/h9-10H,3-8H2,1-2H3. The van der Waals surface area contributed by atoms with Crippen LogP contribution in [0.3, 0.4) is 0 Å². The summed E-state index contributed by atoms with van der Waals surface area (Å²) in [6, 6.07) is 0.203. The van der Waals surface area contributed by atoms with E-state index in [1.165, 1.54) is 0 Å². The van der Waals surface area contributed by atoms with Gasteiger partial charge in [0, 0.05) is 12.6 Å². The third-order valence-electron chi connectivity index (χ3n) is 2.68. The summed E-state index contributed by atoms with van der Waals surface area (Å²) in [7, 11) is -1.15. The quantitative estimate of drug-likeness (QED) is 0.683. The highest BCUT2D eigenvalue weighted by Gasteiger charge is 2.30. The van der Waals surface area contributed by atoms with E-state index < -0.39 is 10.0 Å².